The van der Waals surface area contributed by atoms with Gasteiger partial charge in [0.25, 0.3) is 0 Å². The van der Waals surface area contributed by atoms with Crippen molar-refractivity contribution in [1.29, 1.82) is 0 Å². The van der Waals surface area contributed by atoms with E-state index >= 15 is 0 Å². The third kappa shape index (κ3) is 1.15. The van der Waals surface area contributed by atoms with Crippen LogP contribution in [0.25, 0.3) is 0 Å². The molecule has 0 aromatic rings. The van der Waals surface area contributed by atoms with Gasteiger partial charge in [0.1, 0.15) is 0 Å². The molecule has 0 aromatic heterocycles. The van der Waals surface area contributed by atoms with E-state index in [2.05, 4.69) is 43.4 Å². The van der Waals surface area contributed by atoms with Crippen LogP contribution in [-0.4, -0.2) is 3.92 Å². The van der Waals surface area contributed by atoms with E-state index in [1.165, 1.54) is 12.8 Å². The normalized spacial score (nSPS) is 59.0. The van der Waals surface area contributed by atoms with Gasteiger partial charge in [0, 0.05) is 3.92 Å². The van der Waals surface area contributed by atoms with Crippen molar-refractivity contribution in [2.75, 3.05) is 0 Å². The molecular formula is C11H19I. The van der Waals surface area contributed by atoms with Gasteiger partial charge in [-0.2, -0.15) is 0 Å². The second kappa shape index (κ2) is 3.14. The fourth-order valence-electron chi connectivity index (χ4n) is 3.51. The van der Waals surface area contributed by atoms with Crippen LogP contribution in [-0.2, 0) is 0 Å². The van der Waals surface area contributed by atoms with E-state index in [1.54, 1.807) is 0 Å². The number of fused-ring (bicyclic) bond motifs is 3. The molecule has 12 heavy (non-hydrogen) atoms. The molecule has 0 spiro atoms. The van der Waals surface area contributed by atoms with Gasteiger partial charge in [0.15, 0.2) is 0 Å². The first-order valence-corrected chi connectivity index (χ1v) is 6.51. The van der Waals surface area contributed by atoms with Gasteiger partial charge in [-0.25, -0.2) is 0 Å². The molecule has 0 nitrogen and oxygen atoms in total. The zero-order valence-electron chi connectivity index (χ0n) is 8.26. The number of halogens is 1. The van der Waals surface area contributed by atoms with Gasteiger partial charge in [-0.15, -0.1) is 0 Å². The standard InChI is InChI=1S/C11H19I/c1-6-7(2)10-5-4-9(6)8(3)11(10)12/h6-11H,4-5H2,1-3H3. The maximum atomic E-state index is 2.70. The molecule has 6 unspecified atom stereocenters. The van der Waals surface area contributed by atoms with Crippen LogP contribution >= 0.6 is 22.6 Å². The summed E-state index contributed by atoms with van der Waals surface area (Å²) in [5.41, 5.74) is 0. The fourth-order valence-corrected chi connectivity index (χ4v) is 5.06. The van der Waals surface area contributed by atoms with E-state index in [0.717, 1.165) is 33.5 Å². The average molecular weight is 278 g/mol. The highest BCUT2D eigenvalue weighted by atomic mass is 127. The number of alkyl halides is 1. The highest BCUT2D eigenvalue weighted by Gasteiger charge is 2.47. The first kappa shape index (κ1) is 9.29. The van der Waals surface area contributed by atoms with Gasteiger partial charge < -0.3 is 0 Å². The van der Waals surface area contributed by atoms with E-state index in [9.17, 15) is 0 Å². The first-order chi connectivity index (χ1) is 5.63. The molecule has 3 fully saturated rings. The van der Waals surface area contributed by atoms with Crippen molar-refractivity contribution >= 4 is 22.6 Å². The summed E-state index contributed by atoms with van der Waals surface area (Å²) in [4.78, 5) is 0. The van der Waals surface area contributed by atoms with Crippen LogP contribution in [0.3, 0.4) is 0 Å². The first-order valence-electron chi connectivity index (χ1n) is 5.27. The largest absolute Gasteiger partial charge is 0.0820 e. The summed E-state index contributed by atoms with van der Waals surface area (Å²) in [6, 6.07) is 0. The van der Waals surface area contributed by atoms with E-state index < -0.39 is 0 Å². The van der Waals surface area contributed by atoms with Gasteiger partial charge in [0.2, 0.25) is 0 Å². The van der Waals surface area contributed by atoms with Gasteiger partial charge in [-0.1, -0.05) is 43.4 Å². The molecule has 3 rings (SSSR count). The molecule has 0 N–H and O–H groups in total. The van der Waals surface area contributed by atoms with Crippen LogP contribution in [0.2, 0.25) is 0 Å². The van der Waals surface area contributed by atoms with E-state index in [4.69, 9.17) is 0 Å². The third-order valence-corrected chi connectivity index (χ3v) is 6.66. The minimum atomic E-state index is 0.965. The van der Waals surface area contributed by atoms with Crippen LogP contribution in [0.15, 0.2) is 0 Å². The Morgan fingerprint density at radius 1 is 0.833 bits per heavy atom. The Morgan fingerprint density at radius 2 is 1.33 bits per heavy atom. The lowest BCUT2D eigenvalue weighted by molar-refractivity contribution is 0.0132. The number of hydrogen-bond acceptors (Lipinski definition) is 0. The molecule has 0 saturated heterocycles. The Hall–Kier alpha value is 0.730. The van der Waals surface area contributed by atoms with Gasteiger partial charge >= 0.3 is 0 Å². The zero-order valence-corrected chi connectivity index (χ0v) is 10.4. The second-order valence-electron chi connectivity index (χ2n) is 4.93. The Bertz CT molecular complexity index is 142. The zero-order chi connectivity index (χ0) is 8.88. The van der Waals surface area contributed by atoms with E-state index in [0.29, 0.717) is 0 Å². The lowest BCUT2D eigenvalue weighted by Gasteiger charge is -2.53. The molecule has 0 aromatic carbocycles. The Morgan fingerprint density at radius 3 is 1.92 bits per heavy atom. The molecule has 0 amide bonds. The molecule has 1 heteroatoms. The molecule has 2 bridgehead atoms. The minimum absolute atomic E-state index is 0.965. The summed E-state index contributed by atoms with van der Waals surface area (Å²) in [6.45, 7) is 7.41. The van der Waals surface area contributed by atoms with Crippen molar-refractivity contribution in [3.63, 3.8) is 0 Å². The molecule has 0 heterocycles. The fraction of sp³-hybridized carbons (Fsp3) is 1.00. The molecule has 0 aliphatic heterocycles. The van der Waals surface area contributed by atoms with Gasteiger partial charge in [-0.3, -0.25) is 0 Å². The monoisotopic (exact) mass is 278 g/mol. The number of hydrogen-bond donors (Lipinski definition) is 0. The van der Waals surface area contributed by atoms with Crippen LogP contribution in [0.1, 0.15) is 33.6 Å². The van der Waals surface area contributed by atoms with Crippen molar-refractivity contribution in [3.05, 3.63) is 0 Å². The van der Waals surface area contributed by atoms with Crippen molar-refractivity contribution in [2.45, 2.75) is 37.5 Å². The van der Waals surface area contributed by atoms with Crippen LogP contribution in [0, 0.1) is 29.6 Å². The number of rotatable bonds is 0. The predicted octanol–water partition coefficient (Wildman–Crippen LogP) is 3.74. The van der Waals surface area contributed by atoms with Crippen molar-refractivity contribution in [2.24, 2.45) is 29.6 Å². The van der Waals surface area contributed by atoms with Crippen molar-refractivity contribution in [3.8, 4) is 0 Å². The summed E-state index contributed by atoms with van der Waals surface area (Å²) in [7, 11) is 0. The highest BCUT2D eigenvalue weighted by molar-refractivity contribution is 14.1. The minimum Gasteiger partial charge on any atom is -0.0820 e. The summed E-state index contributed by atoms with van der Waals surface area (Å²) in [5, 5.41) is 0. The maximum Gasteiger partial charge on any atom is 0.0169 e. The van der Waals surface area contributed by atoms with Crippen LogP contribution in [0.4, 0.5) is 0 Å². The van der Waals surface area contributed by atoms with Gasteiger partial charge in [-0.05, 0) is 42.4 Å². The smallest absolute Gasteiger partial charge is 0.0169 e. The maximum absolute atomic E-state index is 2.70. The quantitative estimate of drug-likeness (QED) is 0.468. The van der Waals surface area contributed by atoms with Crippen LogP contribution < -0.4 is 0 Å². The Balaban J connectivity index is 2.23. The predicted molar refractivity (Wildman–Crippen MR) is 61.5 cm³/mol. The Kier molecular flexibility index (Phi) is 2.43. The van der Waals surface area contributed by atoms with Crippen molar-refractivity contribution in [1.82, 2.24) is 0 Å². The molecule has 70 valence electrons. The SMILES string of the molecule is CC1C(C)C2CCC1C(C)C2I. The topological polar surface area (TPSA) is 0 Å². The lowest BCUT2D eigenvalue weighted by Crippen LogP contribution is -2.48. The van der Waals surface area contributed by atoms with Crippen LogP contribution in [0.5, 0.6) is 0 Å². The summed E-state index contributed by atoms with van der Waals surface area (Å²) < 4.78 is 0.965. The molecule has 3 saturated carbocycles. The molecule has 6 atom stereocenters. The second-order valence-corrected chi connectivity index (χ2v) is 6.37. The molecule has 0 radical (unpaired) electrons. The molecule has 3 aliphatic carbocycles. The average Bonchev–Trinajstić information content (AvgIpc) is 2.05. The van der Waals surface area contributed by atoms with E-state index in [-0.39, 0.29) is 0 Å². The summed E-state index contributed by atoms with van der Waals surface area (Å²) in [5.74, 6) is 5.02. The molecule has 3 aliphatic rings. The van der Waals surface area contributed by atoms with Gasteiger partial charge in [0.05, 0.1) is 0 Å². The lowest BCUT2D eigenvalue weighted by atomic mass is 9.56. The molecular weight excluding hydrogens is 259 g/mol. The van der Waals surface area contributed by atoms with Crippen molar-refractivity contribution < 1.29 is 0 Å². The Labute approximate surface area is 89.6 Å². The third-order valence-electron chi connectivity index (χ3n) is 4.60. The summed E-state index contributed by atoms with van der Waals surface area (Å²) in [6.07, 6.45) is 3.02. The van der Waals surface area contributed by atoms with E-state index in [1.807, 2.05) is 0 Å². The summed E-state index contributed by atoms with van der Waals surface area (Å²) >= 11 is 2.70. The highest BCUT2D eigenvalue weighted by Crippen LogP contribution is 2.53.